The molecule has 35 heavy (non-hydrogen) atoms. The van der Waals surface area contributed by atoms with Crippen molar-refractivity contribution < 1.29 is 13.9 Å². The molecule has 5 nitrogen and oxygen atoms in total. The van der Waals surface area contributed by atoms with Crippen molar-refractivity contribution in [2.45, 2.75) is 20.3 Å². The van der Waals surface area contributed by atoms with Gasteiger partial charge in [0, 0.05) is 54.9 Å². The van der Waals surface area contributed by atoms with Crippen molar-refractivity contribution in [3.05, 3.63) is 94.9 Å². The van der Waals surface area contributed by atoms with E-state index >= 15 is 0 Å². The Hall–Kier alpha value is -3.64. The van der Waals surface area contributed by atoms with E-state index in [9.17, 15) is 9.18 Å². The SMILES string of the molecule is Cc1[nH]c2ccc(Oc3ccc(C(=O)N4CCN(CCc5ccc(F)cc5)CC4)cc3)cc2c1C. The van der Waals surface area contributed by atoms with E-state index in [1.54, 1.807) is 0 Å². The molecule has 1 aliphatic rings. The number of nitrogens with one attached hydrogen (secondary N) is 1. The summed E-state index contributed by atoms with van der Waals surface area (Å²) in [5.74, 6) is 1.32. The van der Waals surface area contributed by atoms with Crippen LogP contribution in [0.3, 0.4) is 0 Å². The summed E-state index contributed by atoms with van der Waals surface area (Å²) in [5, 5.41) is 1.16. The van der Waals surface area contributed by atoms with Gasteiger partial charge in [0.15, 0.2) is 0 Å². The van der Waals surface area contributed by atoms with Gasteiger partial charge in [-0.05, 0) is 86.0 Å². The van der Waals surface area contributed by atoms with Crippen LogP contribution in [0.25, 0.3) is 10.9 Å². The van der Waals surface area contributed by atoms with Gasteiger partial charge >= 0.3 is 0 Å². The number of nitrogens with zero attached hydrogens (tertiary/aromatic N) is 2. The van der Waals surface area contributed by atoms with Gasteiger partial charge in [0.05, 0.1) is 0 Å². The molecule has 0 saturated carbocycles. The zero-order chi connectivity index (χ0) is 24.4. The Morgan fingerprint density at radius 3 is 2.31 bits per heavy atom. The molecule has 180 valence electrons. The van der Waals surface area contributed by atoms with Crippen LogP contribution in [-0.4, -0.2) is 53.4 Å². The number of H-pyrrole nitrogens is 1. The van der Waals surface area contributed by atoms with Crippen LogP contribution in [0.15, 0.2) is 66.7 Å². The van der Waals surface area contributed by atoms with Gasteiger partial charge in [-0.2, -0.15) is 0 Å². The predicted molar refractivity (Wildman–Crippen MR) is 137 cm³/mol. The second-order valence-electron chi connectivity index (χ2n) is 9.22. The van der Waals surface area contributed by atoms with Crippen molar-refractivity contribution in [2.75, 3.05) is 32.7 Å². The molecule has 1 saturated heterocycles. The summed E-state index contributed by atoms with van der Waals surface area (Å²) in [5.41, 5.74) is 5.29. The normalized spacial score (nSPS) is 14.4. The highest BCUT2D eigenvalue weighted by atomic mass is 19.1. The molecule has 5 rings (SSSR count). The molecular weight excluding hydrogens is 441 g/mol. The lowest BCUT2D eigenvalue weighted by atomic mass is 10.1. The molecule has 0 unspecified atom stereocenters. The minimum Gasteiger partial charge on any atom is -0.457 e. The molecule has 0 atom stereocenters. The topological polar surface area (TPSA) is 48.6 Å². The van der Waals surface area contributed by atoms with Crippen molar-refractivity contribution >= 4 is 16.8 Å². The van der Waals surface area contributed by atoms with Crippen LogP contribution in [0, 0.1) is 19.7 Å². The summed E-state index contributed by atoms with van der Waals surface area (Å²) >= 11 is 0. The molecule has 1 aromatic heterocycles. The van der Waals surface area contributed by atoms with Crippen LogP contribution in [0.4, 0.5) is 4.39 Å². The number of rotatable bonds is 6. The number of aromatic amines is 1. The van der Waals surface area contributed by atoms with Gasteiger partial charge in [-0.3, -0.25) is 9.69 Å². The summed E-state index contributed by atoms with van der Waals surface area (Å²) < 4.78 is 19.1. The second kappa shape index (κ2) is 9.92. The minimum atomic E-state index is -0.205. The van der Waals surface area contributed by atoms with E-state index in [1.807, 2.05) is 59.5 Å². The number of ether oxygens (including phenoxy) is 1. The first-order valence-electron chi connectivity index (χ1n) is 12.1. The molecule has 1 aliphatic heterocycles. The maximum atomic E-state index is 13.1. The number of aromatic nitrogens is 1. The quantitative estimate of drug-likeness (QED) is 0.392. The third kappa shape index (κ3) is 5.23. The van der Waals surface area contributed by atoms with Crippen LogP contribution in [0.2, 0.25) is 0 Å². The van der Waals surface area contributed by atoms with Gasteiger partial charge in [0.1, 0.15) is 17.3 Å². The number of amides is 1. The number of hydrogen-bond donors (Lipinski definition) is 1. The molecule has 1 amide bonds. The third-order valence-corrected chi connectivity index (χ3v) is 6.91. The maximum absolute atomic E-state index is 13.1. The van der Waals surface area contributed by atoms with Crippen LogP contribution in [0.1, 0.15) is 27.2 Å². The maximum Gasteiger partial charge on any atom is 0.253 e. The Morgan fingerprint density at radius 2 is 1.60 bits per heavy atom. The molecule has 2 heterocycles. The highest BCUT2D eigenvalue weighted by molar-refractivity contribution is 5.94. The molecular formula is C29H30FN3O2. The lowest BCUT2D eigenvalue weighted by Gasteiger charge is -2.34. The second-order valence-corrected chi connectivity index (χ2v) is 9.22. The molecule has 6 heteroatoms. The van der Waals surface area contributed by atoms with E-state index in [2.05, 4.69) is 23.7 Å². The Labute approximate surface area is 205 Å². The van der Waals surface area contributed by atoms with Crippen LogP contribution < -0.4 is 4.74 Å². The van der Waals surface area contributed by atoms with Crippen molar-refractivity contribution in [2.24, 2.45) is 0 Å². The number of aryl methyl sites for hydroxylation is 2. The number of benzene rings is 3. The largest absolute Gasteiger partial charge is 0.457 e. The first kappa shape index (κ1) is 23.1. The predicted octanol–water partition coefficient (Wildman–Crippen LogP) is 5.72. The van der Waals surface area contributed by atoms with Crippen molar-refractivity contribution in [1.82, 2.24) is 14.8 Å². The summed E-state index contributed by atoms with van der Waals surface area (Å²) in [4.78, 5) is 20.6. The number of hydrogen-bond acceptors (Lipinski definition) is 3. The minimum absolute atomic E-state index is 0.0505. The third-order valence-electron chi connectivity index (χ3n) is 6.91. The Balaban J connectivity index is 1.14. The van der Waals surface area contributed by atoms with Crippen molar-refractivity contribution in [3.63, 3.8) is 0 Å². The summed E-state index contributed by atoms with van der Waals surface area (Å²) in [7, 11) is 0. The smallest absolute Gasteiger partial charge is 0.253 e. The number of halogens is 1. The average Bonchev–Trinajstić information content (AvgIpc) is 3.17. The molecule has 0 spiro atoms. The lowest BCUT2D eigenvalue weighted by molar-refractivity contribution is 0.0638. The molecule has 0 radical (unpaired) electrons. The molecule has 1 N–H and O–H groups in total. The number of piperazine rings is 1. The molecule has 0 aliphatic carbocycles. The Bertz CT molecular complexity index is 1320. The highest BCUT2D eigenvalue weighted by Crippen LogP contribution is 2.29. The zero-order valence-corrected chi connectivity index (χ0v) is 20.2. The fourth-order valence-electron chi connectivity index (χ4n) is 4.60. The van der Waals surface area contributed by atoms with Crippen molar-refractivity contribution in [1.29, 1.82) is 0 Å². The van der Waals surface area contributed by atoms with E-state index in [0.29, 0.717) is 24.4 Å². The zero-order valence-electron chi connectivity index (χ0n) is 20.2. The van der Waals surface area contributed by atoms with Gasteiger partial charge in [-0.1, -0.05) is 12.1 Å². The van der Waals surface area contributed by atoms with Gasteiger partial charge in [-0.15, -0.1) is 0 Å². The first-order valence-corrected chi connectivity index (χ1v) is 12.1. The van der Waals surface area contributed by atoms with Gasteiger partial charge in [0.2, 0.25) is 0 Å². The van der Waals surface area contributed by atoms with Crippen molar-refractivity contribution in [3.8, 4) is 11.5 Å². The molecule has 4 aromatic rings. The van der Waals surface area contributed by atoms with E-state index in [1.165, 1.54) is 17.7 Å². The summed E-state index contributed by atoms with van der Waals surface area (Å²) in [6.45, 7) is 8.17. The molecule has 0 bridgehead atoms. The molecule has 3 aromatic carbocycles. The van der Waals surface area contributed by atoms with E-state index in [0.717, 1.165) is 54.0 Å². The summed E-state index contributed by atoms with van der Waals surface area (Å²) in [6.07, 6.45) is 0.881. The number of fused-ring (bicyclic) bond motifs is 1. The van der Waals surface area contributed by atoms with Crippen LogP contribution in [-0.2, 0) is 6.42 Å². The van der Waals surface area contributed by atoms with E-state index in [4.69, 9.17) is 4.74 Å². The van der Waals surface area contributed by atoms with E-state index in [-0.39, 0.29) is 11.7 Å². The molecule has 1 fully saturated rings. The standard InChI is InChI=1S/C29H30FN3O2/c1-20-21(2)31-28-12-11-26(19-27(20)28)35-25-9-5-23(6-10-25)29(34)33-17-15-32(16-18-33)14-13-22-3-7-24(30)8-4-22/h3-12,19,31H,13-18H2,1-2H3. The Kier molecular flexibility index (Phi) is 6.55. The van der Waals surface area contributed by atoms with Gasteiger partial charge < -0.3 is 14.6 Å². The highest BCUT2D eigenvalue weighted by Gasteiger charge is 2.22. The summed E-state index contributed by atoms with van der Waals surface area (Å²) in [6, 6.07) is 20.1. The lowest BCUT2D eigenvalue weighted by Crippen LogP contribution is -2.49. The Morgan fingerprint density at radius 1 is 0.914 bits per heavy atom. The first-order chi connectivity index (χ1) is 17.0. The fraction of sp³-hybridized carbons (Fsp3) is 0.276. The van der Waals surface area contributed by atoms with Crippen LogP contribution in [0.5, 0.6) is 11.5 Å². The fourth-order valence-corrected chi connectivity index (χ4v) is 4.60. The number of carbonyl (C=O) groups is 1. The monoisotopic (exact) mass is 471 g/mol. The van der Waals surface area contributed by atoms with E-state index < -0.39 is 0 Å². The number of carbonyl (C=O) groups excluding carboxylic acids is 1. The van der Waals surface area contributed by atoms with Gasteiger partial charge in [0.25, 0.3) is 5.91 Å². The average molecular weight is 472 g/mol. The van der Waals surface area contributed by atoms with Crippen LogP contribution >= 0.6 is 0 Å². The van der Waals surface area contributed by atoms with Gasteiger partial charge in [-0.25, -0.2) is 4.39 Å².